The molecule has 0 aromatic rings. The third kappa shape index (κ3) is 6.58. The van der Waals surface area contributed by atoms with Crippen molar-refractivity contribution < 1.29 is 14.2 Å². The van der Waals surface area contributed by atoms with E-state index in [1.165, 1.54) is 0 Å². The van der Waals surface area contributed by atoms with E-state index in [1.807, 2.05) is 20.8 Å². The van der Waals surface area contributed by atoms with Crippen LogP contribution in [0.25, 0.3) is 0 Å². The van der Waals surface area contributed by atoms with Crippen LogP contribution in [0.4, 0.5) is 0 Å². The summed E-state index contributed by atoms with van der Waals surface area (Å²) in [6.45, 7) is 6.75. The molecule has 0 radical (unpaired) electrons. The standard InChI is InChI=1S/C9H20O3/c1-9(2,3)12-7-6-8(10-4)11-5/h8H,6-7H2,1-5H3. The molecule has 0 aromatic carbocycles. The van der Waals surface area contributed by atoms with Gasteiger partial charge in [0.25, 0.3) is 0 Å². The van der Waals surface area contributed by atoms with Gasteiger partial charge in [-0.15, -0.1) is 0 Å². The highest BCUT2D eigenvalue weighted by molar-refractivity contribution is 4.58. The van der Waals surface area contributed by atoms with Crippen LogP contribution < -0.4 is 0 Å². The average Bonchev–Trinajstić information content (AvgIpc) is 1.96. The van der Waals surface area contributed by atoms with Crippen molar-refractivity contribution in [2.75, 3.05) is 20.8 Å². The molecule has 0 aliphatic rings. The Hall–Kier alpha value is -0.120. The molecule has 0 aromatic heterocycles. The monoisotopic (exact) mass is 176 g/mol. The van der Waals surface area contributed by atoms with Gasteiger partial charge in [-0.25, -0.2) is 0 Å². The summed E-state index contributed by atoms with van der Waals surface area (Å²) in [6.07, 6.45) is 0.622. The van der Waals surface area contributed by atoms with Crippen LogP contribution in [-0.4, -0.2) is 32.7 Å². The van der Waals surface area contributed by atoms with Crippen LogP contribution in [0.1, 0.15) is 27.2 Å². The molecular formula is C9H20O3. The summed E-state index contributed by atoms with van der Waals surface area (Å²) in [5, 5.41) is 0. The van der Waals surface area contributed by atoms with E-state index in [0.29, 0.717) is 6.61 Å². The molecule has 0 saturated carbocycles. The predicted molar refractivity (Wildman–Crippen MR) is 48.1 cm³/mol. The maximum atomic E-state index is 5.50. The zero-order valence-electron chi connectivity index (χ0n) is 8.72. The van der Waals surface area contributed by atoms with E-state index in [9.17, 15) is 0 Å². The predicted octanol–water partition coefficient (Wildman–Crippen LogP) is 1.81. The Morgan fingerprint density at radius 2 is 1.58 bits per heavy atom. The van der Waals surface area contributed by atoms with Gasteiger partial charge in [0.05, 0.1) is 12.2 Å². The lowest BCUT2D eigenvalue weighted by atomic mass is 10.2. The molecule has 3 heteroatoms. The van der Waals surface area contributed by atoms with Gasteiger partial charge in [-0.2, -0.15) is 0 Å². The highest BCUT2D eigenvalue weighted by Gasteiger charge is 2.11. The zero-order chi connectivity index (χ0) is 9.61. The van der Waals surface area contributed by atoms with Gasteiger partial charge in [0.1, 0.15) is 0 Å². The third-order valence-corrected chi connectivity index (χ3v) is 1.41. The van der Waals surface area contributed by atoms with E-state index in [2.05, 4.69) is 0 Å². The van der Waals surface area contributed by atoms with Gasteiger partial charge in [0, 0.05) is 20.6 Å². The Kier molecular flexibility index (Phi) is 5.46. The van der Waals surface area contributed by atoms with Crippen LogP contribution in [0, 0.1) is 0 Å². The molecule has 0 rings (SSSR count). The fraction of sp³-hybridized carbons (Fsp3) is 1.00. The van der Waals surface area contributed by atoms with Crippen molar-refractivity contribution in [2.45, 2.75) is 39.1 Å². The Morgan fingerprint density at radius 3 is 1.92 bits per heavy atom. The molecule has 0 unspecified atom stereocenters. The van der Waals surface area contributed by atoms with Crippen LogP contribution >= 0.6 is 0 Å². The minimum absolute atomic E-state index is 0.0773. The van der Waals surface area contributed by atoms with Gasteiger partial charge in [-0.3, -0.25) is 0 Å². The molecule has 0 heterocycles. The number of hydrogen-bond donors (Lipinski definition) is 0. The van der Waals surface area contributed by atoms with E-state index in [0.717, 1.165) is 6.42 Å². The summed E-state index contributed by atoms with van der Waals surface area (Å²) in [5.74, 6) is 0. The van der Waals surface area contributed by atoms with Crippen molar-refractivity contribution >= 4 is 0 Å². The van der Waals surface area contributed by atoms with E-state index in [1.54, 1.807) is 14.2 Å². The van der Waals surface area contributed by atoms with E-state index < -0.39 is 0 Å². The van der Waals surface area contributed by atoms with Gasteiger partial charge in [0.2, 0.25) is 0 Å². The lowest BCUT2D eigenvalue weighted by Gasteiger charge is -2.21. The molecular weight excluding hydrogens is 156 g/mol. The first-order valence-corrected chi connectivity index (χ1v) is 4.19. The lowest BCUT2D eigenvalue weighted by molar-refractivity contribution is -0.125. The number of rotatable bonds is 5. The largest absolute Gasteiger partial charge is 0.376 e. The average molecular weight is 176 g/mol. The first-order chi connectivity index (χ1) is 5.49. The van der Waals surface area contributed by atoms with Crippen LogP contribution in [0.2, 0.25) is 0 Å². The molecule has 0 spiro atoms. The molecule has 12 heavy (non-hydrogen) atoms. The Morgan fingerprint density at radius 1 is 1.08 bits per heavy atom. The molecule has 0 N–H and O–H groups in total. The highest BCUT2D eigenvalue weighted by Crippen LogP contribution is 2.08. The van der Waals surface area contributed by atoms with E-state index in [-0.39, 0.29) is 11.9 Å². The number of methoxy groups -OCH3 is 2. The summed E-state index contributed by atoms with van der Waals surface area (Å²) in [7, 11) is 3.26. The maximum absolute atomic E-state index is 5.50. The minimum atomic E-state index is -0.146. The second kappa shape index (κ2) is 5.51. The van der Waals surface area contributed by atoms with Gasteiger partial charge >= 0.3 is 0 Å². The van der Waals surface area contributed by atoms with Crippen molar-refractivity contribution in [1.29, 1.82) is 0 Å². The molecule has 0 saturated heterocycles. The molecule has 0 bridgehead atoms. The first-order valence-electron chi connectivity index (χ1n) is 4.19. The van der Waals surface area contributed by atoms with E-state index in [4.69, 9.17) is 14.2 Å². The number of ether oxygens (including phenoxy) is 3. The smallest absolute Gasteiger partial charge is 0.159 e. The fourth-order valence-electron chi connectivity index (χ4n) is 0.793. The van der Waals surface area contributed by atoms with Crippen molar-refractivity contribution in [3.8, 4) is 0 Å². The highest BCUT2D eigenvalue weighted by atomic mass is 16.7. The molecule has 3 nitrogen and oxygen atoms in total. The molecule has 0 aliphatic heterocycles. The zero-order valence-corrected chi connectivity index (χ0v) is 8.72. The molecule has 0 amide bonds. The summed E-state index contributed by atoms with van der Waals surface area (Å²) >= 11 is 0. The Labute approximate surface area is 75.0 Å². The molecule has 0 fully saturated rings. The third-order valence-electron chi connectivity index (χ3n) is 1.41. The molecule has 74 valence electrons. The normalized spacial score (nSPS) is 12.5. The van der Waals surface area contributed by atoms with Crippen molar-refractivity contribution in [3.05, 3.63) is 0 Å². The van der Waals surface area contributed by atoms with Crippen LogP contribution in [0.5, 0.6) is 0 Å². The maximum Gasteiger partial charge on any atom is 0.159 e. The minimum Gasteiger partial charge on any atom is -0.376 e. The quantitative estimate of drug-likeness (QED) is 0.598. The summed E-state index contributed by atoms with van der Waals surface area (Å²) in [4.78, 5) is 0. The fourth-order valence-corrected chi connectivity index (χ4v) is 0.793. The van der Waals surface area contributed by atoms with Crippen LogP contribution in [0.3, 0.4) is 0 Å². The first kappa shape index (κ1) is 11.9. The Bertz CT molecular complexity index is 103. The van der Waals surface area contributed by atoms with Gasteiger partial charge in [-0.05, 0) is 20.8 Å². The molecule has 0 atom stereocenters. The van der Waals surface area contributed by atoms with Crippen molar-refractivity contribution in [2.24, 2.45) is 0 Å². The SMILES string of the molecule is COC(CCOC(C)(C)C)OC. The van der Waals surface area contributed by atoms with E-state index >= 15 is 0 Å². The van der Waals surface area contributed by atoms with Gasteiger partial charge < -0.3 is 14.2 Å². The lowest BCUT2D eigenvalue weighted by Crippen LogP contribution is -2.23. The second-order valence-electron chi connectivity index (χ2n) is 3.65. The summed E-state index contributed by atoms with van der Waals surface area (Å²) in [6, 6.07) is 0. The van der Waals surface area contributed by atoms with Crippen molar-refractivity contribution in [1.82, 2.24) is 0 Å². The van der Waals surface area contributed by atoms with Crippen LogP contribution in [0.15, 0.2) is 0 Å². The second-order valence-corrected chi connectivity index (χ2v) is 3.65. The van der Waals surface area contributed by atoms with Crippen LogP contribution in [-0.2, 0) is 14.2 Å². The topological polar surface area (TPSA) is 27.7 Å². The molecule has 0 aliphatic carbocycles. The van der Waals surface area contributed by atoms with Gasteiger partial charge in [0.15, 0.2) is 6.29 Å². The summed E-state index contributed by atoms with van der Waals surface area (Å²) < 4.78 is 15.5. The number of hydrogen-bond acceptors (Lipinski definition) is 3. The van der Waals surface area contributed by atoms with Crippen molar-refractivity contribution in [3.63, 3.8) is 0 Å². The summed E-state index contributed by atoms with van der Waals surface area (Å²) in [5.41, 5.74) is -0.0773. The van der Waals surface area contributed by atoms with Gasteiger partial charge in [-0.1, -0.05) is 0 Å². The Balaban J connectivity index is 3.41.